The summed E-state index contributed by atoms with van der Waals surface area (Å²) in [4.78, 5) is 0. The fourth-order valence-electron chi connectivity index (χ4n) is 2.02. The molecule has 0 N–H and O–H groups in total. The lowest BCUT2D eigenvalue weighted by atomic mass is 9.93. The molecule has 0 aromatic rings. The van der Waals surface area contributed by atoms with Gasteiger partial charge in [0.2, 0.25) is 0 Å². The van der Waals surface area contributed by atoms with Gasteiger partial charge in [-0.25, -0.2) is 0 Å². The molecule has 0 aromatic carbocycles. The van der Waals surface area contributed by atoms with Gasteiger partial charge < -0.3 is 0 Å². The molecule has 0 heterocycles. The van der Waals surface area contributed by atoms with E-state index < -0.39 is 8.07 Å². The van der Waals surface area contributed by atoms with E-state index in [0.29, 0.717) is 5.92 Å². The largest absolute Gasteiger partial charge is 0.132 e. The van der Waals surface area contributed by atoms with E-state index in [4.69, 9.17) is 0 Å². The summed E-state index contributed by atoms with van der Waals surface area (Å²) in [7, 11) is -1.15. The molecule has 14 heavy (non-hydrogen) atoms. The summed E-state index contributed by atoms with van der Waals surface area (Å²) in [6.07, 6.45) is 2.73. The lowest BCUT2D eigenvalue weighted by molar-refractivity contribution is 0.427. The molecule has 0 spiro atoms. The van der Waals surface area contributed by atoms with Crippen molar-refractivity contribution in [1.29, 1.82) is 0 Å². The van der Waals surface area contributed by atoms with Crippen LogP contribution in [0.4, 0.5) is 0 Å². The molecule has 1 rings (SSSR count). The Hall–Kier alpha value is 0.507. The summed E-state index contributed by atoms with van der Waals surface area (Å²) < 4.78 is 1.28. The van der Waals surface area contributed by atoms with Crippen molar-refractivity contribution in [2.75, 3.05) is 4.43 Å². The maximum Gasteiger partial charge on any atom is 0.129 e. The van der Waals surface area contributed by atoms with Crippen LogP contribution in [0.1, 0.15) is 19.8 Å². The molecular formula is C12H21ISi. The summed E-state index contributed by atoms with van der Waals surface area (Å²) in [5.41, 5.74) is 3.53. The van der Waals surface area contributed by atoms with Crippen LogP contribution in [0.25, 0.3) is 0 Å². The number of rotatable bonds is 1. The lowest BCUT2D eigenvalue weighted by Crippen LogP contribution is -2.18. The molecule has 0 unspecified atom stereocenters. The van der Waals surface area contributed by atoms with Gasteiger partial charge in [-0.05, 0) is 24.7 Å². The normalized spacial score (nSPS) is 32.5. The van der Waals surface area contributed by atoms with E-state index in [1.165, 1.54) is 17.3 Å². The van der Waals surface area contributed by atoms with Crippen molar-refractivity contribution in [2.24, 2.45) is 17.8 Å². The van der Waals surface area contributed by atoms with Crippen LogP contribution in [0.5, 0.6) is 0 Å². The maximum atomic E-state index is 3.56. The van der Waals surface area contributed by atoms with E-state index in [1.807, 2.05) is 0 Å². The quantitative estimate of drug-likeness (QED) is 0.297. The first-order valence-corrected chi connectivity index (χ1v) is 10.6. The van der Waals surface area contributed by atoms with E-state index in [1.54, 1.807) is 0 Å². The van der Waals surface area contributed by atoms with E-state index in [0.717, 1.165) is 11.8 Å². The van der Waals surface area contributed by atoms with Crippen molar-refractivity contribution in [2.45, 2.75) is 39.4 Å². The second kappa shape index (κ2) is 5.02. The standard InChI is InChI=1S/C12H21ISi/c1-10-5-6-11(12(10)9-13)7-8-14(2,3)4/h10-12H,5-6,9H2,1-4H3/t10-,11+,12+/m0/s1. The van der Waals surface area contributed by atoms with Crippen molar-refractivity contribution in [3.05, 3.63) is 0 Å². The summed E-state index contributed by atoms with van der Waals surface area (Å²) in [5, 5.41) is 0. The first-order valence-electron chi connectivity index (χ1n) is 5.52. The Morgan fingerprint density at radius 3 is 2.43 bits per heavy atom. The van der Waals surface area contributed by atoms with Gasteiger partial charge in [0.1, 0.15) is 8.07 Å². The molecule has 0 amide bonds. The zero-order chi connectivity index (χ0) is 10.8. The number of hydrogen-bond donors (Lipinski definition) is 0. The second-order valence-electron chi connectivity index (χ2n) is 5.50. The first kappa shape index (κ1) is 12.6. The Morgan fingerprint density at radius 1 is 1.29 bits per heavy atom. The van der Waals surface area contributed by atoms with Crippen LogP contribution in [-0.4, -0.2) is 12.5 Å². The molecule has 0 aliphatic heterocycles. The van der Waals surface area contributed by atoms with Crippen molar-refractivity contribution >= 4 is 30.7 Å². The lowest BCUT2D eigenvalue weighted by Gasteiger charge is -2.16. The fourth-order valence-corrected chi connectivity index (χ4v) is 4.12. The number of alkyl halides is 1. The van der Waals surface area contributed by atoms with Crippen LogP contribution in [0.3, 0.4) is 0 Å². The van der Waals surface area contributed by atoms with E-state index >= 15 is 0 Å². The first-order chi connectivity index (χ1) is 6.44. The molecule has 0 radical (unpaired) electrons. The molecule has 0 aromatic heterocycles. The maximum absolute atomic E-state index is 3.56. The fraction of sp³-hybridized carbons (Fsp3) is 0.833. The highest BCUT2D eigenvalue weighted by molar-refractivity contribution is 14.1. The van der Waals surface area contributed by atoms with Gasteiger partial charge in [-0.15, -0.1) is 11.5 Å². The molecule has 0 nitrogen and oxygen atoms in total. The van der Waals surface area contributed by atoms with Crippen LogP contribution in [-0.2, 0) is 0 Å². The topological polar surface area (TPSA) is 0 Å². The highest BCUT2D eigenvalue weighted by atomic mass is 127. The van der Waals surface area contributed by atoms with Gasteiger partial charge in [0.25, 0.3) is 0 Å². The molecule has 2 heteroatoms. The average Bonchev–Trinajstić information content (AvgIpc) is 2.41. The highest BCUT2D eigenvalue weighted by Crippen LogP contribution is 2.37. The summed E-state index contributed by atoms with van der Waals surface area (Å²) in [6, 6.07) is 0. The molecule has 1 saturated carbocycles. The Bertz CT molecular complexity index is 243. The van der Waals surface area contributed by atoms with E-state index in [2.05, 4.69) is 60.6 Å². The van der Waals surface area contributed by atoms with Crippen molar-refractivity contribution in [3.63, 3.8) is 0 Å². The predicted octanol–water partition coefficient (Wildman–Crippen LogP) is 3.96. The van der Waals surface area contributed by atoms with Gasteiger partial charge in [-0.3, -0.25) is 0 Å². The van der Waals surface area contributed by atoms with Gasteiger partial charge in [0, 0.05) is 10.3 Å². The van der Waals surface area contributed by atoms with Crippen molar-refractivity contribution in [1.82, 2.24) is 0 Å². The van der Waals surface area contributed by atoms with Crippen molar-refractivity contribution in [3.8, 4) is 11.5 Å². The van der Waals surface area contributed by atoms with Gasteiger partial charge in [0.05, 0.1) is 0 Å². The summed E-state index contributed by atoms with van der Waals surface area (Å²) >= 11 is 2.52. The number of halogens is 1. The van der Waals surface area contributed by atoms with Gasteiger partial charge >= 0.3 is 0 Å². The van der Waals surface area contributed by atoms with Gasteiger partial charge in [-0.2, -0.15) is 0 Å². The minimum atomic E-state index is -1.15. The van der Waals surface area contributed by atoms with E-state index in [-0.39, 0.29) is 0 Å². The van der Waals surface area contributed by atoms with Crippen LogP contribution in [0.15, 0.2) is 0 Å². The van der Waals surface area contributed by atoms with Crippen LogP contribution in [0.2, 0.25) is 19.6 Å². The number of hydrogen-bond acceptors (Lipinski definition) is 0. The van der Waals surface area contributed by atoms with Crippen LogP contribution in [0, 0.1) is 29.2 Å². The average molecular weight is 320 g/mol. The Kier molecular flexibility index (Phi) is 4.51. The Labute approximate surface area is 103 Å². The van der Waals surface area contributed by atoms with Crippen LogP contribution >= 0.6 is 22.6 Å². The third kappa shape index (κ3) is 3.58. The second-order valence-corrected chi connectivity index (χ2v) is 11.1. The molecule has 0 saturated heterocycles. The summed E-state index contributed by atoms with van der Waals surface area (Å²) in [5.74, 6) is 6.02. The monoisotopic (exact) mass is 320 g/mol. The zero-order valence-electron chi connectivity index (χ0n) is 9.73. The zero-order valence-corrected chi connectivity index (χ0v) is 12.9. The smallest absolute Gasteiger partial charge is 0.129 e. The Morgan fingerprint density at radius 2 is 1.93 bits per heavy atom. The van der Waals surface area contributed by atoms with E-state index in [9.17, 15) is 0 Å². The molecule has 1 aliphatic rings. The third-order valence-electron chi connectivity index (χ3n) is 2.99. The SMILES string of the molecule is C[C@H]1CC[C@H](C#C[Si](C)(C)C)[C@@H]1CI. The third-order valence-corrected chi connectivity index (χ3v) is 4.90. The summed E-state index contributed by atoms with van der Waals surface area (Å²) in [6.45, 7) is 9.38. The molecule has 1 fully saturated rings. The van der Waals surface area contributed by atoms with Gasteiger partial charge in [0.15, 0.2) is 0 Å². The molecule has 80 valence electrons. The molecular weight excluding hydrogens is 299 g/mol. The molecule has 1 aliphatic carbocycles. The Balaban J connectivity index is 2.64. The minimum Gasteiger partial charge on any atom is -0.132 e. The predicted molar refractivity (Wildman–Crippen MR) is 75.4 cm³/mol. The van der Waals surface area contributed by atoms with Crippen LogP contribution < -0.4 is 0 Å². The van der Waals surface area contributed by atoms with Crippen molar-refractivity contribution < 1.29 is 0 Å². The van der Waals surface area contributed by atoms with Gasteiger partial charge in [-0.1, -0.05) is 49.2 Å². The molecule has 0 bridgehead atoms. The highest BCUT2D eigenvalue weighted by Gasteiger charge is 2.31. The minimum absolute atomic E-state index is 0.702. The molecule has 3 atom stereocenters.